The molecule has 1 aliphatic rings. The third-order valence-corrected chi connectivity index (χ3v) is 4.78. The molecule has 0 spiro atoms. The molecule has 0 atom stereocenters. The number of rotatable bonds is 5. The second kappa shape index (κ2) is 7.85. The van der Waals surface area contributed by atoms with E-state index in [0.717, 1.165) is 5.56 Å². The number of benzene rings is 2. The van der Waals surface area contributed by atoms with Crippen LogP contribution in [0.5, 0.6) is 11.5 Å². The van der Waals surface area contributed by atoms with Crippen molar-refractivity contribution in [2.75, 3.05) is 19.2 Å². The summed E-state index contributed by atoms with van der Waals surface area (Å²) >= 11 is 3.44. The van der Waals surface area contributed by atoms with E-state index in [1.54, 1.807) is 38.3 Å². The molecule has 1 N–H and O–H groups in total. The highest BCUT2D eigenvalue weighted by molar-refractivity contribution is 9.10. The summed E-state index contributed by atoms with van der Waals surface area (Å²) in [6.45, 7) is 1.74. The van der Waals surface area contributed by atoms with Crippen LogP contribution < -0.4 is 14.5 Å². The highest BCUT2D eigenvalue weighted by Crippen LogP contribution is 2.37. The maximum absolute atomic E-state index is 12.9. The zero-order valence-electron chi connectivity index (χ0n) is 15.4. The van der Waals surface area contributed by atoms with Crippen LogP contribution in [0.2, 0.25) is 0 Å². The van der Waals surface area contributed by atoms with Crippen molar-refractivity contribution in [3.8, 4) is 11.5 Å². The van der Waals surface area contributed by atoms with E-state index in [-0.39, 0.29) is 11.5 Å². The van der Waals surface area contributed by atoms with Gasteiger partial charge in [-0.15, -0.1) is 0 Å². The summed E-state index contributed by atoms with van der Waals surface area (Å²) in [5.41, 5.74) is 2.36. The van der Waals surface area contributed by atoms with Gasteiger partial charge < -0.3 is 14.6 Å². The number of amides is 1. The standard InChI is InChI=1S/C20H17BrN2O5/c1-11-15(8-12-9-16(21)18(28-3)17(10-12)27-2)19(24)23(22-11)14-6-4-13(5-7-14)20(25)26/h4-10H,1-3H3,(H,25,26)/b15-8-. The predicted molar refractivity (Wildman–Crippen MR) is 109 cm³/mol. The molecule has 1 heterocycles. The molecule has 0 radical (unpaired) electrons. The number of carboxylic acid groups (broad SMARTS) is 1. The normalized spacial score (nSPS) is 15.0. The van der Waals surface area contributed by atoms with Gasteiger partial charge in [-0.1, -0.05) is 0 Å². The smallest absolute Gasteiger partial charge is 0.335 e. The molecule has 1 amide bonds. The minimum atomic E-state index is -1.03. The predicted octanol–water partition coefficient (Wildman–Crippen LogP) is 3.97. The minimum absolute atomic E-state index is 0.141. The van der Waals surface area contributed by atoms with Gasteiger partial charge in [0, 0.05) is 0 Å². The zero-order valence-corrected chi connectivity index (χ0v) is 17.0. The number of anilines is 1. The molecule has 144 valence electrons. The third kappa shape index (κ3) is 3.63. The Hall–Kier alpha value is -3.13. The number of hydrazone groups is 1. The Bertz CT molecular complexity index is 1010. The van der Waals surface area contributed by atoms with Crippen molar-refractivity contribution in [3.63, 3.8) is 0 Å². The minimum Gasteiger partial charge on any atom is -0.493 e. The first kappa shape index (κ1) is 19.6. The molecule has 0 fully saturated rings. The van der Waals surface area contributed by atoms with Crippen molar-refractivity contribution in [2.24, 2.45) is 5.10 Å². The van der Waals surface area contributed by atoms with Gasteiger partial charge in [-0.25, -0.2) is 4.79 Å². The number of hydrogen-bond acceptors (Lipinski definition) is 5. The van der Waals surface area contributed by atoms with Crippen LogP contribution >= 0.6 is 15.9 Å². The number of nitrogens with zero attached hydrogens (tertiary/aromatic N) is 2. The Morgan fingerprint density at radius 1 is 1.18 bits per heavy atom. The average molecular weight is 445 g/mol. The molecule has 8 heteroatoms. The van der Waals surface area contributed by atoms with E-state index in [1.165, 1.54) is 24.3 Å². The maximum Gasteiger partial charge on any atom is 0.335 e. The highest BCUT2D eigenvalue weighted by Gasteiger charge is 2.29. The Morgan fingerprint density at radius 2 is 1.86 bits per heavy atom. The van der Waals surface area contributed by atoms with Gasteiger partial charge in [0.2, 0.25) is 0 Å². The first-order chi connectivity index (χ1) is 13.3. The van der Waals surface area contributed by atoms with E-state index >= 15 is 0 Å². The molecule has 28 heavy (non-hydrogen) atoms. The fourth-order valence-corrected chi connectivity index (χ4v) is 3.41. The van der Waals surface area contributed by atoms with Gasteiger partial charge in [0.05, 0.1) is 41.2 Å². The van der Waals surface area contributed by atoms with Crippen LogP contribution in [0.4, 0.5) is 5.69 Å². The molecule has 3 rings (SSSR count). The summed E-state index contributed by atoms with van der Waals surface area (Å²) in [4.78, 5) is 23.9. The molecule has 0 aliphatic carbocycles. The SMILES string of the molecule is COc1cc(/C=C2\C(=O)N(c3ccc(C(=O)O)cc3)N=C2C)cc(Br)c1OC. The fraction of sp³-hybridized carbons (Fsp3) is 0.150. The van der Waals surface area contributed by atoms with E-state index in [4.69, 9.17) is 14.6 Å². The number of aromatic carboxylic acids is 1. The number of halogens is 1. The Labute approximate surface area is 170 Å². The van der Waals surface area contributed by atoms with Crippen LogP contribution in [0.3, 0.4) is 0 Å². The number of ether oxygens (including phenoxy) is 2. The van der Waals surface area contributed by atoms with E-state index in [1.807, 2.05) is 6.07 Å². The summed E-state index contributed by atoms with van der Waals surface area (Å²) in [6.07, 6.45) is 1.72. The van der Waals surface area contributed by atoms with Crippen molar-refractivity contribution in [1.82, 2.24) is 0 Å². The Morgan fingerprint density at radius 3 is 2.43 bits per heavy atom. The van der Waals surface area contributed by atoms with Gasteiger partial charge in [-0.2, -0.15) is 10.1 Å². The summed E-state index contributed by atoms with van der Waals surface area (Å²) in [6, 6.07) is 9.55. The first-order valence-electron chi connectivity index (χ1n) is 8.22. The topological polar surface area (TPSA) is 88.4 Å². The van der Waals surface area contributed by atoms with Crippen molar-refractivity contribution < 1.29 is 24.2 Å². The first-order valence-corrected chi connectivity index (χ1v) is 9.01. The average Bonchev–Trinajstić information content (AvgIpc) is 2.95. The molecule has 1 aliphatic heterocycles. The van der Waals surface area contributed by atoms with Crippen molar-refractivity contribution in [3.05, 3.63) is 57.6 Å². The molecular weight excluding hydrogens is 428 g/mol. The van der Waals surface area contributed by atoms with Crippen LogP contribution in [0.15, 0.2) is 51.5 Å². The number of carboxylic acids is 1. The monoisotopic (exact) mass is 444 g/mol. The molecule has 2 aromatic carbocycles. The third-order valence-electron chi connectivity index (χ3n) is 4.19. The van der Waals surface area contributed by atoms with E-state index < -0.39 is 5.97 Å². The zero-order chi connectivity index (χ0) is 20.4. The van der Waals surface area contributed by atoms with Crippen LogP contribution in [0.25, 0.3) is 6.08 Å². The van der Waals surface area contributed by atoms with Crippen LogP contribution in [0, 0.1) is 0 Å². The van der Waals surface area contributed by atoms with Gasteiger partial charge in [0.25, 0.3) is 5.91 Å². The Balaban J connectivity index is 1.94. The lowest BCUT2D eigenvalue weighted by Gasteiger charge is -2.12. The second-order valence-corrected chi connectivity index (χ2v) is 6.80. The summed E-state index contributed by atoms with van der Waals surface area (Å²) in [5.74, 6) is -0.233. The van der Waals surface area contributed by atoms with Gasteiger partial charge in [-0.3, -0.25) is 4.79 Å². The van der Waals surface area contributed by atoms with Crippen LogP contribution in [-0.2, 0) is 4.79 Å². The molecule has 0 bridgehead atoms. The number of methoxy groups -OCH3 is 2. The number of carbonyl (C=O) groups excluding carboxylic acids is 1. The molecule has 0 unspecified atom stereocenters. The molecule has 7 nitrogen and oxygen atoms in total. The van der Waals surface area contributed by atoms with Crippen molar-refractivity contribution >= 4 is 45.3 Å². The van der Waals surface area contributed by atoms with Crippen LogP contribution in [-0.4, -0.2) is 36.9 Å². The molecule has 2 aromatic rings. The summed E-state index contributed by atoms with van der Waals surface area (Å²) in [5, 5.41) is 14.6. The highest BCUT2D eigenvalue weighted by atomic mass is 79.9. The Kier molecular flexibility index (Phi) is 5.51. The quantitative estimate of drug-likeness (QED) is 0.704. The van der Waals surface area contributed by atoms with E-state index in [9.17, 15) is 9.59 Å². The lowest BCUT2D eigenvalue weighted by atomic mass is 10.1. The number of carbonyl (C=O) groups is 2. The second-order valence-electron chi connectivity index (χ2n) is 5.95. The summed E-state index contributed by atoms with van der Waals surface area (Å²) < 4.78 is 11.3. The van der Waals surface area contributed by atoms with Gasteiger partial charge in [0.15, 0.2) is 11.5 Å². The molecule has 0 saturated carbocycles. The summed E-state index contributed by atoms with van der Waals surface area (Å²) in [7, 11) is 3.09. The molecule has 0 saturated heterocycles. The van der Waals surface area contributed by atoms with Gasteiger partial charge in [0.1, 0.15) is 0 Å². The largest absolute Gasteiger partial charge is 0.493 e. The maximum atomic E-state index is 12.9. The van der Waals surface area contributed by atoms with E-state index in [2.05, 4.69) is 21.0 Å². The van der Waals surface area contributed by atoms with Crippen molar-refractivity contribution in [2.45, 2.75) is 6.92 Å². The fourth-order valence-electron chi connectivity index (χ4n) is 2.79. The lowest BCUT2D eigenvalue weighted by Crippen LogP contribution is -2.21. The van der Waals surface area contributed by atoms with Gasteiger partial charge >= 0.3 is 5.97 Å². The van der Waals surface area contributed by atoms with Crippen LogP contribution in [0.1, 0.15) is 22.8 Å². The number of hydrogen-bond donors (Lipinski definition) is 1. The lowest BCUT2D eigenvalue weighted by molar-refractivity contribution is -0.114. The van der Waals surface area contributed by atoms with E-state index in [0.29, 0.717) is 32.9 Å². The molecular formula is C20H17BrN2O5. The van der Waals surface area contributed by atoms with Gasteiger partial charge in [-0.05, 0) is 70.9 Å². The molecule has 0 aromatic heterocycles. The van der Waals surface area contributed by atoms with Crippen molar-refractivity contribution in [1.29, 1.82) is 0 Å².